The first kappa shape index (κ1) is 17.5. The van der Waals surface area contributed by atoms with Crippen LogP contribution < -0.4 is 15.4 Å². The maximum Gasteiger partial charge on any atom is 0.319 e. The minimum atomic E-state index is -0.749. The van der Waals surface area contributed by atoms with Crippen LogP contribution in [0.4, 0.5) is 10.5 Å². The van der Waals surface area contributed by atoms with Gasteiger partial charge in [-0.25, -0.2) is 4.79 Å². The Labute approximate surface area is 153 Å². The predicted molar refractivity (Wildman–Crippen MR) is 103 cm³/mol. The molecule has 1 unspecified atom stereocenters. The summed E-state index contributed by atoms with van der Waals surface area (Å²) in [5, 5.41) is 19.8. The third-order valence-electron chi connectivity index (χ3n) is 3.57. The standard InChI is InChI=1S/C18H18N2O3S2/c1-23-15-5-3-2-4-13(15)20-18(22)19-10-14(21)17-7-6-16(25-17)12-8-9-24-11-12/h2-9,11,14,21H,10H2,1H3,(H2,19,20,22). The molecule has 3 N–H and O–H groups in total. The fourth-order valence-electron chi connectivity index (χ4n) is 2.30. The number of carbonyl (C=O) groups is 1. The Morgan fingerprint density at radius 1 is 1.24 bits per heavy atom. The Morgan fingerprint density at radius 2 is 2.08 bits per heavy atom. The molecule has 1 aromatic carbocycles. The molecule has 3 aromatic rings. The van der Waals surface area contributed by atoms with Gasteiger partial charge in [-0.2, -0.15) is 11.3 Å². The van der Waals surface area contributed by atoms with E-state index in [-0.39, 0.29) is 6.54 Å². The van der Waals surface area contributed by atoms with Crippen molar-refractivity contribution in [1.29, 1.82) is 0 Å². The van der Waals surface area contributed by atoms with Gasteiger partial charge in [-0.15, -0.1) is 11.3 Å². The molecule has 130 valence electrons. The number of ether oxygens (including phenoxy) is 1. The first-order valence-corrected chi connectivity index (χ1v) is 9.41. The summed E-state index contributed by atoms with van der Waals surface area (Å²) >= 11 is 3.16. The molecular formula is C18H18N2O3S2. The van der Waals surface area contributed by atoms with Crippen molar-refractivity contribution in [3.8, 4) is 16.2 Å². The van der Waals surface area contributed by atoms with Gasteiger partial charge >= 0.3 is 6.03 Å². The number of amides is 2. The number of aliphatic hydroxyl groups is 1. The van der Waals surface area contributed by atoms with Crippen LogP contribution in [0, 0.1) is 0 Å². The van der Waals surface area contributed by atoms with E-state index in [0.29, 0.717) is 11.4 Å². The van der Waals surface area contributed by atoms with E-state index < -0.39 is 12.1 Å². The zero-order valence-electron chi connectivity index (χ0n) is 13.6. The highest BCUT2D eigenvalue weighted by atomic mass is 32.1. The molecule has 2 aromatic heterocycles. The summed E-state index contributed by atoms with van der Waals surface area (Å²) in [5.74, 6) is 0.580. The number of rotatable bonds is 6. The number of nitrogens with one attached hydrogen (secondary N) is 2. The number of carbonyl (C=O) groups excluding carboxylic acids is 1. The molecule has 25 heavy (non-hydrogen) atoms. The van der Waals surface area contributed by atoms with Crippen LogP contribution in [0.1, 0.15) is 11.0 Å². The SMILES string of the molecule is COc1ccccc1NC(=O)NCC(O)c1ccc(-c2ccsc2)s1. The molecule has 0 radical (unpaired) electrons. The third-order valence-corrected chi connectivity index (χ3v) is 5.49. The third kappa shape index (κ3) is 4.39. The van der Waals surface area contributed by atoms with Gasteiger partial charge in [-0.3, -0.25) is 0 Å². The summed E-state index contributed by atoms with van der Waals surface area (Å²) < 4.78 is 5.19. The lowest BCUT2D eigenvalue weighted by atomic mass is 10.2. The van der Waals surface area contributed by atoms with Crippen molar-refractivity contribution >= 4 is 34.4 Å². The van der Waals surface area contributed by atoms with Crippen LogP contribution >= 0.6 is 22.7 Å². The summed E-state index contributed by atoms with van der Waals surface area (Å²) in [6, 6.07) is 12.7. The van der Waals surface area contributed by atoms with E-state index in [4.69, 9.17) is 4.74 Å². The molecule has 0 spiro atoms. The number of hydrogen-bond acceptors (Lipinski definition) is 5. The Bertz CT molecular complexity index is 830. The summed E-state index contributed by atoms with van der Waals surface area (Å²) in [5.41, 5.74) is 1.73. The second kappa shape index (κ2) is 8.15. The summed E-state index contributed by atoms with van der Waals surface area (Å²) in [6.45, 7) is 0.130. The lowest BCUT2D eigenvalue weighted by molar-refractivity contribution is 0.178. The first-order chi connectivity index (χ1) is 12.2. The molecule has 0 saturated heterocycles. The smallest absolute Gasteiger partial charge is 0.319 e. The van der Waals surface area contributed by atoms with Crippen molar-refractivity contribution in [1.82, 2.24) is 5.32 Å². The van der Waals surface area contributed by atoms with E-state index in [1.54, 1.807) is 30.6 Å². The fraction of sp³-hybridized carbons (Fsp3) is 0.167. The number of anilines is 1. The zero-order valence-corrected chi connectivity index (χ0v) is 15.2. The fourth-order valence-corrected chi connectivity index (χ4v) is 4.02. The number of methoxy groups -OCH3 is 1. The minimum Gasteiger partial charge on any atom is -0.495 e. The Kier molecular flexibility index (Phi) is 5.70. The highest BCUT2D eigenvalue weighted by Crippen LogP contribution is 2.32. The van der Waals surface area contributed by atoms with E-state index in [1.165, 1.54) is 11.3 Å². The second-order valence-electron chi connectivity index (χ2n) is 5.27. The van der Waals surface area contributed by atoms with E-state index in [9.17, 15) is 9.90 Å². The van der Waals surface area contributed by atoms with Gasteiger partial charge in [0.1, 0.15) is 11.9 Å². The number of hydrogen-bond donors (Lipinski definition) is 3. The summed E-state index contributed by atoms with van der Waals surface area (Å²) in [7, 11) is 1.55. The number of benzene rings is 1. The molecule has 2 amide bonds. The lowest BCUT2D eigenvalue weighted by Gasteiger charge is -2.13. The van der Waals surface area contributed by atoms with Gasteiger partial charge in [0, 0.05) is 15.3 Å². The van der Waals surface area contributed by atoms with Crippen LogP contribution in [0.3, 0.4) is 0 Å². The highest BCUT2D eigenvalue weighted by molar-refractivity contribution is 7.16. The number of para-hydroxylation sites is 2. The average molecular weight is 374 g/mol. The maximum atomic E-state index is 12.0. The number of aliphatic hydroxyl groups excluding tert-OH is 1. The molecule has 0 aliphatic heterocycles. The minimum absolute atomic E-state index is 0.130. The normalized spacial score (nSPS) is 11.8. The molecule has 3 rings (SSSR count). The molecule has 0 fully saturated rings. The van der Waals surface area contributed by atoms with Crippen LogP contribution in [-0.4, -0.2) is 24.8 Å². The molecule has 0 aliphatic carbocycles. The molecule has 7 heteroatoms. The van der Waals surface area contributed by atoms with Crippen LogP contribution in [0.15, 0.2) is 53.2 Å². The van der Waals surface area contributed by atoms with Gasteiger partial charge in [-0.1, -0.05) is 12.1 Å². The van der Waals surface area contributed by atoms with Gasteiger partial charge in [0.05, 0.1) is 19.3 Å². The molecular weight excluding hydrogens is 356 g/mol. The van der Waals surface area contributed by atoms with Gasteiger partial charge in [0.15, 0.2) is 0 Å². The van der Waals surface area contributed by atoms with Gasteiger partial charge in [0.25, 0.3) is 0 Å². The maximum absolute atomic E-state index is 12.0. The molecule has 2 heterocycles. The van der Waals surface area contributed by atoms with Crippen molar-refractivity contribution in [2.75, 3.05) is 19.0 Å². The average Bonchev–Trinajstić information content (AvgIpc) is 3.31. The number of urea groups is 1. The Morgan fingerprint density at radius 3 is 2.84 bits per heavy atom. The molecule has 1 atom stereocenters. The van der Waals surface area contributed by atoms with E-state index in [0.717, 1.165) is 15.3 Å². The van der Waals surface area contributed by atoms with Gasteiger partial charge in [-0.05, 0) is 41.1 Å². The highest BCUT2D eigenvalue weighted by Gasteiger charge is 2.14. The van der Waals surface area contributed by atoms with Crippen molar-refractivity contribution in [2.45, 2.75) is 6.10 Å². The molecule has 0 aliphatic rings. The predicted octanol–water partition coefficient (Wildman–Crippen LogP) is 4.34. The largest absolute Gasteiger partial charge is 0.495 e. The van der Waals surface area contributed by atoms with Gasteiger partial charge < -0.3 is 20.5 Å². The van der Waals surface area contributed by atoms with Crippen LogP contribution in [0.5, 0.6) is 5.75 Å². The zero-order chi connectivity index (χ0) is 17.6. The van der Waals surface area contributed by atoms with Crippen molar-refractivity contribution in [3.05, 3.63) is 58.1 Å². The van der Waals surface area contributed by atoms with Crippen molar-refractivity contribution < 1.29 is 14.6 Å². The monoisotopic (exact) mass is 374 g/mol. The lowest BCUT2D eigenvalue weighted by Crippen LogP contribution is -2.32. The van der Waals surface area contributed by atoms with Gasteiger partial charge in [0.2, 0.25) is 0 Å². The first-order valence-electron chi connectivity index (χ1n) is 7.65. The quantitative estimate of drug-likeness (QED) is 0.601. The summed E-state index contributed by atoms with van der Waals surface area (Å²) in [4.78, 5) is 13.9. The van der Waals surface area contributed by atoms with Crippen LogP contribution in [0.25, 0.3) is 10.4 Å². The van der Waals surface area contributed by atoms with E-state index >= 15 is 0 Å². The van der Waals surface area contributed by atoms with E-state index in [1.807, 2.05) is 35.7 Å². The topological polar surface area (TPSA) is 70.6 Å². The van der Waals surface area contributed by atoms with E-state index in [2.05, 4.69) is 16.0 Å². The molecule has 5 nitrogen and oxygen atoms in total. The Balaban J connectivity index is 1.55. The van der Waals surface area contributed by atoms with Crippen molar-refractivity contribution in [3.63, 3.8) is 0 Å². The molecule has 0 saturated carbocycles. The number of thiophene rings is 2. The Hall–Kier alpha value is -2.35. The van der Waals surface area contributed by atoms with Crippen LogP contribution in [-0.2, 0) is 0 Å². The van der Waals surface area contributed by atoms with Crippen LogP contribution in [0.2, 0.25) is 0 Å². The molecule has 0 bridgehead atoms. The second-order valence-corrected chi connectivity index (χ2v) is 7.16. The summed E-state index contributed by atoms with van der Waals surface area (Å²) in [6.07, 6.45) is -0.749. The van der Waals surface area contributed by atoms with Crippen molar-refractivity contribution in [2.24, 2.45) is 0 Å².